The second kappa shape index (κ2) is 5.66. The van der Waals surface area contributed by atoms with Gasteiger partial charge < -0.3 is 5.32 Å². The molecular weight excluding hydrogens is 202 g/mol. The van der Waals surface area contributed by atoms with Crippen molar-refractivity contribution in [3.63, 3.8) is 0 Å². The van der Waals surface area contributed by atoms with Crippen LogP contribution >= 0.6 is 11.3 Å². The molecule has 1 aromatic heterocycles. The van der Waals surface area contributed by atoms with Crippen LogP contribution in [0.25, 0.3) is 0 Å². The summed E-state index contributed by atoms with van der Waals surface area (Å²) in [5.74, 6) is 0.738. The van der Waals surface area contributed by atoms with E-state index in [-0.39, 0.29) is 0 Å². The first-order valence-corrected chi connectivity index (χ1v) is 6.61. The van der Waals surface area contributed by atoms with Gasteiger partial charge in [-0.25, -0.2) is 0 Å². The van der Waals surface area contributed by atoms with Gasteiger partial charge in [-0.3, -0.25) is 0 Å². The minimum absolute atomic E-state index is 0.361. The monoisotopic (exact) mass is 225 g/mol. The maximum Gasteiger partial charge on any atom is 0.00510 e. The summed E-state index contributed by atoms with van der Waals surface area (Å²) in [7, 11) is 0. The highest BCUT2D eigenvalue weighted by atomic mass is 32.1. The number of thiophene rings is 1. The number of hydrogen-bond acceptors (Lipinski definition) is 2. The fourth-order valence-corrected chi connectivity index (χ4v) is 2.61. The Labute approximate surface area is 97.9 Å². The molecule has 0 aliphatic carbocycles. The Morgan fingerprint density at radius 3 is 2.67 bits per heavy atom. The zero-order valence-corrected chi connectivity index (χ0v) is 11.2. The van der Waals surface area contributed by atoms with Crippen molar-refractivity contribution in [2.75, 3.05) is 13.1 Å². The van der Waals surface area contributed by atoms with Crippen LogP contribution in [-0.4, -0.2) is 13.1 Å². The maximum absolute atomic E-state index is 3.54. The van der Waals surface area contributed by atoms with Gasteiger partial charge in [-0.1, -0.05) is 33.8 Å². The summed E-state index contributed by atoms with van der Waals surface area (Å²) >= 11 is 1.86. The Hall–Kier alpha value is -0.340. The normalized spacial score (nSPS) is 12.3. The second-order valence-electron chi connectivity index (χ2n) is 5.45. The van der Waals surface area contributed by atoms with Crippen molar-refractivity contribution in [3.8, 4) is 0 Å². The van der Waals surface area contributed by atoms with Crippen LogP contribution in [-0.2, 0) is 6.42 Å². The van der Waals surface area contributed by atoms with Crippen molar-refractivity contribution in [1.82, 2.24) is 5.32 Å². The van der Waals surface area contributed by atoms with E-state index in [9.17, 15) is 0 Å². The lowest BCUT2D eigenvalue weighted by molar-refractivity contribution is 0.332. The third-order valence-electron chi connectivity index (χ3n) is 2.39. The van der Waals surface area contributed by atoms with E-state index in [1.54, 1.807) is 0 Å². The summed E-state index contributed by atoms with van der Waals surface area (Å²) in [5, 5.41) is 5.70. The molecule has 0 amide bonds. The molecule has 0 saturated carbocycles. The van der Waals surface area contributed by atoms with Gasteiger partial charge in [0.15, 0.2) is 0 Å². The highest BCUT2D eigenvalue weighted by Crippen LogP contribution is 2.23. The van der Waals surface area contributed by atoms with E-state index in [1.807, 2.05) is 11.3 Å². The molecule has 0 unspecified atom stereocenters. The van der Waals surface area contributed by atoms with Crippen LogP contribution in [0.15, 0.2) is 17.5 Å². The summed E-state index contributed by atoms with van der Waals surface area (Å²) in [4.78, 5) is 1.49. The molecule has 1 aromatic rings. The summed E-state index contributed by atoms with van der Waals surface area (Å²) in [6.45, 7) is 11.4. The minimum Gasteiger partial charge on any atom is -0.316 e. The molecule has 0 radical (unpaired) electrons. The number of nitrogens with one attached hydrogen (secondary N) is 1. The lowest BCUT2D eigenvalue weighted by Gasteiger charge is -2.25. The molecule has 0 aromatic carbocycles. The van der Waals surface area contributed by atoms with Gasteiger partial charge >= 0.3 is 0 Å². The SMILES string of the molecule is CC(C)CNCC(C)(C)Cc1cccs1. The third-order valence-corrected chi connectivity index (χ3v) is 3.27. The molecule has 86 valence electrons. The molecule has 1 rings (SSSR count). The zero-order valence-electron chi connectivity index (χ0n) is 10.3. The molecule has 15 heavy (non-hydrogen) atoms. The zero-order chi connectivity index (χ0) is 11.3. The molecular formula is C13H23NS. The smallest absolute Gasteiger partial charge is 0.00510 e. The molecule has 0 aliphatic heterocycles. The third kappa shape index (κ3) is 5.33. The highest BCUT2D eigenvalue weighted by Gasteiger charge is 2.18. The standard InChI is InChI=1S/C13H23NS/c1-11(2)9-14-10-13(3,4)8-12-6-5-7-15-12/h5-7,11,14H,8-10H2,1-4H3. The Morgan fingerprint density at radius 2 is 2.13 bits per heavy atom. The van der Waals surface area contributed by atoms with Crippen LogP contribution < -0.4 is 5.32 Å². The van der Waals surface area contributed by atoms with Crippen molar-refractivity contribution >= 4 is 11.3 Å². The largest absolute Gasteiger partial charge is 0.316 e. The van der Waals surface area contributed by atoms with Crippen LogP contribution in [0.5, 0.6) is 0 Å². The van der Waals surface area contributed by atoms with E-state index < -0.39 is 0 Å². The molecule has 0 atom stereocenters. The van der Waals surface area contributed by atoms with Gasteiger partial charge in [0.1, 0.15) is 0 Å². The molecule has 1 nitrogen and oxygen atoms in total. The Kier molecular flexibility index (Phi) is 4.81. The van der Waals surface area contributed by atoms with Crippen LogP contribution in [0.4, 0.5) is 0 Å². The number of rotatable bonds is 6. The highest BCUT2D eigenvalue weighted by molar-refractivity contribution is 7.09. The number of hydrogen-bond donors (Lipinski definition) is 1. The fraction of sp³-hybridized carbons (Fsp3) is 0.692. The van der Waals surface area contributed by atoms with E-state index >= 15 is 0 Å². The first-order valence-electron chi connectivity index (χ1n) is 5.73. The quantitative estimate of drug-likeness (QED) is 0.780. The fourth-order valence-electron chi connectivity index (χ4n) is 1.65. The van der Waals surface area contributed by atoms with Crippen LogP contribution in [0.2, 0.25) is 0 Å². The average molecular weight is 225 g/mol. The predicted octanol–water partition coefficient (Wildman–Crippen LogP) is 3.56. The molecule has 0 bridgehead atoms. The van der Waals surface area contributed by atoms with Crippen LogP contribution in [0.1, 0.15) is 32.6 Å². The molecule has 2 heteroatoms. The Bertz CT molecular complexity index is 262. The molecule has 1 heterocycles. The summed E-state index contributed by atoms with van der Waals surface area (Å²) < 4.78 is 0. The van der Waals surface area contributed by atoms with E-state index in [4.69, 9.17) is 0 Å². The molecule has 1 N–H and O–H groups in total. The molecule has 0 saturated heterocycles. The summed E-state index contributed by atoms with van der Waals surface area (Å²) in [6.07, 6.45) is 1.18. The lowest BCUT2D eigenvalue weighted by atomic mass is 9.88. The summed E-state index contributed by atoms with van der Waals surface area (Å²) in [5.41, 5.74) is 0.361. The van der Waals surface area contributed by atoms with Gasteiger partial charge in [0.05, 0.1) is 0 Å². The predicted molar refractivity (Wildman–Crippen MR) is 69.5 cm³/mol. The van der Waals surface area contributed by atoms with Gasteiger partial charge in [-0.15, -0.1) is 11.3 Å². The summed E-state index contributed by atoms with van der Waals surface area (Å²) in [6, 6.07) is 4.37. The van der Waals surface area contributed by atoms with Crippen molar-refractivity contribution < 1.29 is 0 Å². The van der Waals surface area contributed by atoms with Gasteiger partial charge in [0.2, 0.25) is 0 Å². The topological polar surface area (TPSA) is 12.0 Å². The van der Waals surface area contributed by atoms with E-state index in [0.717, 1.165) is 19.0 Å². The van der Waals surface area contributed by atoms with Crippen molar-refractivity contribution in [2.45, 2.75) is 34.1 Å². The van der Waals surface area contributed by atoms with Crippen molar-refractivity contribution in [2.24, 2.45) is 11.3 Å². The molecule has 0 fully saturated rings. The van der Waals surface area contributed by atoms with E-state index in [1.165, 1.54) is 11.3 Å². The Morgan fingerprint density at radius 1 is 1.40 bits per heavy atom. The van der Waals surface area contributed by atoms with E-state index in [2.05, 4.69) is 50.5 Å². The van der Waals surface area contributed by atoms with Gasteiger partial charge in [-0.2, -0.15) is 0 Å². The van der Waals surface area contributed by atoms with Gasteiger partial charge in [0.25, 0.3) is 0 Å². The maximum atomic E-state index is 3.54. The lowest BCUT2D eigenvalue weighted by Crippen LogP contribution is -2.33. The average Bonchev–Trinajstić information content (AvgIpc) is 2.54. The van der Waals surface area contributed by atoms with Gasteiger partial charge in [0, 0.05) is 11.4 Å². The van der Waals surface area contributed by atoms with Crippen LogP contribution in [0, 0.1) is 11.3 Å². The molecule has 0 spiro atoms. The Balaban J connectivity index is 2.32. The minimum atomic E-state index is 0.361. The first kappa shape index (κ1) is 12.7. The van der Waals surface area contributed by atoms with Gasteiger partial charge in [-0.05, 0) is 35.7 Å². The first-order chi connectivity index (χ1) is 6.99. The van der Waals surface area contributed by atoms with Crippen molar-refractivity contribution in [3.05, 3.63) is 22.4 Å². The van der Waals surface area contributed by atoms with E-state index in [0.29, 0.717) is 5.41 Å². The van der Waals surface area contributed by atoms with Crippen LogP contribution in [0.3, 0.4) is 0 Å². The molecule has 0 aliphatic rings. The van der Waals surface area contributed by atoms with Crippen molar-refractivity contribution in [1.29, 1.82) is 0 Å². The second-order valence-corrected chi connectivity index (χ2v) is 6.48.